The van der Waals surface area contributed by atoms with Gasteiger partial charge in [0.2, 0.25) is 0 Å². The monoisotopic (exact) mass is 160 g/mol. The predicted molar refractivity (Wildman–Crippen MR) is 38.3 cm³/mol. The molecular weight excluding hydrogens is 148 g/mol. The molecular formula is C6H12N2O3. The molecule has 0 aliphatic carbocycles. The third kappa shape index (κ3) is 1.16. The second kappa shape index (κ2) is 2.07. The lowest BCUT2D eigenvalue weighted by atomic mass is 9.78. The van der Waals surface area contributed by atoms with Crippen LogP contribution in [0.2, 0.25) is 0 Å². The van der Waals surface area contributed by atoms with E-state index in [4.69, 9.17) is 4.74 Å². The Morgan fingerprint density at radius 1 is 1.55 bits per heavy atom. The molecule has 1 atom stereocenters. The maximum atomic E-state index is 10.1. The van der Waals surface area contributed by atoms with Crippen molar-refractivity contribution in [3.63, 3.8) is 0 Å². The van der Waals surface area contributed by atoms with Crippen molar-refractivity contribution in [3.05, 3.63) is 10.1 Å². The highest BCUT2D eigenvalue weighted by atomic mass is 16.7. The molecule has 0 bridgehead atoms. The Hall–Kier alpha value is -0.840. The molecule has 1 aliphatic rings. The summed E-state index contributed by atoms with van der Waals surface area (Å²) >= 11 is 0. The maximum Gasteiger partial charge on any atom is 0.198 e. The molecule has 1 N–H and O–H groups in total. The van der Waals surface area contributed by atoms with E-state index >= 15 is 0 Å². The van der Waals surface area contributed by atoms with Crippen molar-refractivity contribution in [1.29, 1.82) is 0 Å². The number of hydrazine groups is 1. The van der Waals surface area contributed by atoms with E-state index < -0.39 is 10.8 Å². The van der Waals surface area contributed by atoms with E-state index in [1.807, 2.05) is 13.8 Å². The van der Waals surface area contributed by atoms with Gasteiger partial charge >= 0.3 is 0 Å². The van der Waals surface area contributed by atoms with Crippen LogP contribution < -0.4 is 5.43 Å². The first-order chi connectivity index (χ1) is 4.87. The van der Waals surface area contributed by atoms with Crippen LogP contribution in [0.1, 0.15) is 20.8 Å². The zero-order valence-corrected chi connectivity index (χ0v) is 6.88. The number of hydrogen-bond donors (Lipinski definition) is 1. The van der Waals surface area contributed by atoms with Crippen LogP contribution in [0.5, 0.6) is 0 Å². The van der Waals surface area contributed by atoms with E-state index in [1.54, 1.807) is 6.92 Å². The minimum Gasteiger partial charge on any atom is -0.349 e. The number of nitro groups is 1. The van der Waals surface area contributed by atoms with Crippen molar-refractivity contribution in [2.24, 2.45) is 5.41 Å². The van der Waals surface area contributed by atoms with Crippen LogP contribution in [0.4, 0.5) is 0 Å². The van der Waals surface area contributed by atoms with Crippen LogP contribution in [0.15, 0.2) is 0 Å². The zero-order chi connectivity index (χ0) is 8.70. The summed E-state index contributed by atoms with van der Waals surface area (Å²) in [5.41, 5.74) is 1.17. The molecule has 0 saturated carbocycles. The summed E-state index contributed by atoms with van der Waals surface area (Å²) in [4.78, 5) is 10.1. The molecule has 0 aromatic heterocycles. The molecule has 0 radical (unpaired) electrons. The normalized spacial score (nSPS) is 34.1. The number of rotatable bonds is 2. The van der Waals surface area contributed by atoms with Gasteiger partial charge in [-0.25, -0.2) is 10.1 Å². The van der Waals surface area contributed by atoms with E-state index in [1.165, 1.54) is 0 Å². The standard InChI is InChI=1S/C6H12N2O3/c1-5(2)4-11-6(5,3)7-8(9)10/h7H,4H2,1-3H3. The highest BCUT2D eigenvalue weighted by molar-refractivity contribution is 4.94. The highest BCUT2D eigenvalue weighted by Gasteiger charge is 2.54. The van der Waals surface area contributed by atoms with Crippen molar-refractivity contribution >= 4 is 0 Å². The lowest BCUT2D eigenvalue weighted by molar-refractivity contribution is -0.591. The summed E-state index contributed by atoms with van der Waals surface area (Å²) in [7, 11) is 0. The minimum absolute atomic E-state index is 0.167. The van der Waals surface area contributed by atoms with Gasteiger partial charge in [-0.05, 0) is 6.92 Å². The van der Waals surface area contributed by atoms with Crippen molar-refractivity contribution in [3.8, 4) is 0 Å². The van der Waals surface area contributed by atoms with E-state index in [0.717, 1.165) is 0 Å². The molecule has 1 unspecified atom stereocenters. The van der Waals surface area contributed by atoms with Crippen LogP contribution in [-0.2, 0) is 4.74 Å². The summed E-state index contributed by atoms with van der Waals surface area (Å²) in [5, 5.41) is 9.54. The lowest BCUT2D eigenvalue weighted by Gasteiger charge is -2.50. The molecule has 11 heavy (non-hydrogen) atoms. The molecule has 1 aliphatic heterocycles. The van der Waals surface area contributed by atoms with E-state index in [-0.39, 0.29) is 5.41 Å². The first-order valence-corrected chi connectivity index (χ1v) is 3.44. The first kappa shape index (κ1) is 8.26. The third-order valence-corrected chi connectivity index (χ3v) is 2.32. The van der Waals surface area contributed by atoms with Crippen molar-refractivity contribution in [2.45, 2.75) is 26.5 Å². The Balaban J connectivity index is 2.62. The Morgan fingerprint density at radius 3 is 2.18 bits per heavy atom. The zero-order valence-electron chi connectivity index (χ0n) is 6.88. The highest BCUT2D eigenvalue weighted by Crippen LogP contribution is 2.41. The molecule has 0 aromatic carbocycles. The Bertz CT molecular complexity index is 192. The predicted octanol–water partition coefficient (Wildman–Crippen LogP) is 0.540. The molecule has 5 nitrogen and oxygen atoms in total. The minimum atomic E-state index is -0.809. The van der Waals surface area contributed by atoms with Crippen LogP contribution >= 0.6 is 0 Å². The molecule has 1 fully saturated rings. The molecule has 0 aromatic rings. The molecule has 0 amide bonds. The SMILES string of the molecule is CC1(C)COC1(C)N[N+](=O)[O-]. The molecule has 64 valence electrons. The average molecular weight is 160 g/mol. The van der Waals surface area contributed by atoms with Crippen LogP contribution in [0.3, 0.4) is 0 Å². The molecule has 1 saturated heterocycles. The Morgan fingerprint density at radius 2 is 2.09 bits per heavy atom. The van der Waals surface area contributed by atoms with Crippen molar-refractivity contribution < 1.29 is 9.77 Å². The van der Waals surface area contributed by atoms with Gasteiger partial charge in [0.05, 0.1) is 6.61 Å². The Labute approximate surface area is 64.8 Å². The fourth-order valence-electron chi connectivity index (χ4n) is 0.935. The molecule has 1 heterocycles. The van der Waals surface area contributed by atoms with Crippen LogP contribution in [0.25, 0.3) is 0 Å². The van der Waals surface area contributed by atoms with Gasteiger partial charge in [-0.15, -0.1) is 5.43 Å². The smallest absolute Gasteiger partial charge is 0.198 e. The Kier molecular flexibility index (Phi) is 1.56. The van der Waals surface area contributed by atoms with Gasteiger partial charge in [0.25, 0.3) is 0 Å². The van der Waals surface area contributed by atoms with Crippen molar-refractivity contribution in [2.75, 3.05) is 6.61 Å². The summed E-state index contributed by atoms with van der Waals surface area (Å²) in [6, 6.07) is 0. The molecule has 0 spiro atoms. The summed E-state index contributed by atoms with van der Waals surface area (Å²) in [5.74, 6) is 0. The third-order valence-electron chi connectivity index (χ3n) is 2.32. The summed E-state index contributed by atoms with van der Waals surface area (Å²) in [6.45, 7) is 6.09. The van der Waals surface area contributed by atoms with Crippen LogP contribution in [-0.4, -0.2) is 17.4 Å². The van der Waals surface area contributed by atoms with E-state index in [2.05, 4.69) is 5.43 Å². The van der Waals surface area contributed by atoms with Gasteiger partial charge in [0.15, 0.2) is 10.8 Å². The maximum absolute atomic E-state index is 10.1. The summed E-state index contributed by atoms with van der Waals surface area (Å²) < 4.78 is 5.09. The second-order valence-corrected chi connectivity index (χ2v) is 3.57. The lowest BCUT2D eigenvalue weighted by Crippen LogP contribution is -2.67. The quantitative estimate of drug-likeness (QED) is 0.473. The fourth-order valence-corrected chi connectivity index (χ4v) is 0.935. The van der Waals surface area contributed by atoms with E-state index in [0.29, 0.717) is 6.61 Å². The first-order valence-electron chi connectivity index (χ1n) is 3.44. The van der Waals surface area contributed by atoms with Crippen molar-refractivity contribution in [1.82, 2.24) is 5.43 Å². The second-order valence-electron chi connectivity index (χ2n) is 3.57. The van der Waals surface area contributed by atoms with Gasteiger partial charge in [-0.3, -0.25) is 0 Å². The number of hydrogen-bond acceptors (Lipinski definition) is 3. The number of ether oxygens (including phenoxy) is 1. The van der Waals surface area contributed by atoms with Gasteiger partial charge in [0, 0.05) is 5.41 Å². The number of nitrogens with one attached hydrogen (secondary N) is 1. The van der Waals surface area contributed by atoms with Gasteiger partial charge < -0.3 is 4.74 Å². The number of nitrogens with zero attached hydrogens (tertiary/aromatic N) is 1. The largest absolute Gasteiger partial charge is 0.349 e. The fraction of sp³-hybridized carbons (Fsp3) is 1.00. The molecule has 1 rings (SSSR count). The molecule has 5 heteroatoms. The average Bonchev–Trinajstić information content (AvgIpc) is 1.84. The summed E-state index contributed by atoms with van der Waals surface area (Å²) in [6.07, 6.45) is 0. The van der Waals surface area contributed by atoms with Gasteiger partial charge in [-0.1, -0.05) is 13.8 Å². The van der Waals surface area contributed by atoms with Gasteiger partial charge in [-0.2, -0.15) is 0 Å². The van der Waals surface area contributed by atoms with Gasteiger partial charge in [0.1, 0.15) is 0 Å². The van der Waals surface area contributed by atoms with E-state index in [9.17, 15) is 10.1 Å². The topological polar surface area (TPSA) is 64.4 Å². The van der Waals surface area contributed by atoms with Crippen LogP contribution in [0, 0.1) is 15.5 Å².